The Morgan fingerprint density at radius 3 is 2.29 bits per heavy atom. The SMILES string of the molecule is Cl.NCc1ccc(C(=O)N2CCCN(c3ccccc3)CC2)cc1. The second kappa shape index (κ2) is 8.71. The second-order valence-corrected chi connectivity index (χ2v) is 5.87. The molecule has 0 radical (unpaired) electrons. The van der Waals surface area contributed by atoms with Crippen molar-refractivity contribution in [3.8, 4) is 0 Å². The summed E-state index contributed by atoms with van der Waals surface area (Å²) >= 11 is 0. The summed E-state index contributed by atoms with van der Waals surface area (Å²) in [7, 11) is 0. The molecule has 2 aromatic rings. The molecule has 2 aromatic carbocycles. The van der Waals surface area contributed by atoms with Gasteiger partial charge in [-0.05, 0) is 36.2 Å². The molecular formula is C19H24ClN3O. The number of anilines is 1. The van der Waals surface area contributed by atoms with Crippen molar-refractivity contribution in [3.05, 3.63) is 65.7 Å². The van der Waals surface area contributed by atoms with Crippen molar-refractivity contribution in [2.24, 2.45) is 5.73 Å². The van der Waals surface area contributed by atoms with E-state index in [1.54, 1.807) is 0 Å². The van der Waals surface area contributed by atoms with Crippen LogP contribution in [-0.4, -0.2) is 37.0 Å². The number of nitrogens with two attached hydrogens (primary N) is 1. The maximum Gasteiger partial charge on any atom is 0.253 e. The lowest BCUT2D eigenvalue weighted by atomic mass is 10.1. The number of halogens is 1. The van der Waals surface area contributed by atoms with Gasteiger partial charge in [0.15, 0.2) is 0 Å². The maximum absolute atomic E-state index is 12.7. The standard InChI is InChI=1S/C19H23N3O.ClH/c20-15-16-7-9-17(10-8-16)19(23)22-12-4-11-21(13-14-22)18-5-2-1-3-6-18;/h1-3,5-10H,4,11-15,20H2;1H. The smallest absolute Gasteiger partial charge is 0.253 e. The lowest BCUT2D eigenvalue weighted by Crippen LogP contribution is -2.35. The Bertz CT molecular complexity index is 645. The van der Waals surface area contributed by atoms with E-state index in [0.717, 1.165) is 43.7 Å². The molecule has 1 fully saturated rings. The molecule has 0 atom stereocenters. The summed E-state index contributed by atoms with van der Waals surface area (Å²) in [6, 6.07) is 18.0. The summed E-state index contributed by atoms with van der Waals surface area (Å²) in [4.78, 5) is 17.0. The molecule has 1 amide bonds. The first kappa shape index (κ1) is 18.3. The average Bonchev–Trinajstić information content (AvgIpc) is 2.88. The molecule has 24 heavy (non-hydrogen) atoms. The van der Waals surface area contributed by atoms with Crippen LogP contribution in [0.3, 0.4) is 0 Å². The van der Waals surface area contributed by atoms with E-state index in [4.69, 9.17) is 5.73 Å². The van der Waals surface area contributed by atoms with Gasteiger partial charge in [-0.3, -0.25) is 4.79 Å². The van der Waals surface area contributed by atoms with Gasteiger partial charge in [0.25, 0.3) is 5.91 Å². The fourth-order valence-corrected chi connectivity index (χ4v) is 2.98. The highest BCUT2D eigenvalue weighted by atomic mass is 35.5. The van der Waals surface area contributed by atoms with E-state index in [0.29, 0.717) is 6.54 Å². The predicted molar refractivity (Wildman–Crippen MR) is 101 cm³/mol. The second-order valence-electron chi connectivity index (χ2n) is 5.87. The number of hydrogen-bond acceptors (Lipinski definition) is 3. The van der Waals surface area contributed by atoms with Gasteiger partial charge in [-0.15, -0.1) is 12.4 Å². The van der Waals surface area contributed by atoms with E-state index >= 15 is 0 Å². The molecule has 1 heterocycles. The van der Waals surface area contributed by atoms with Gasteiger partial charge in [-0.2, -0.15) is 0 Å². The molecule has 5 heteroatoms. The van der Waals surface area contributed by atoms with Crippen LogP contribution in [0.4, 0.5) is 5.69 Å². The van der Waals surface area contributed by atoms with Crippen LogP contribution in [-0.2, 0) is 6.54 Å². The number of nitrogens with zero attached hydrogens (tertiary/aromatic N) is 2. The van der Waals surface area contributed by atoms with Crippen LogP contribution >= 0.6 is 12.4 Å². The summed E-state index contributed by atoms with van der Waals surface area (Å²) in [6.45, 7) is 3.92. The van der Waals surface area contributed by atoms with Gasteiger partial charge in [-0.1, -0.05) is 30.3 Å². The van der Waals surface area contributed by atoms with Crippen LogP contribution in [0.15, 0.2) is 54.6 Å². The number of amides is 1. The normalized spacial score (nSPS) is 14.7. The largest absolute Gasteiger partial charge is 0.370 e. The van der Waals surface area contributed by atoms with Crippen molar-refractivity contribution in [1.29, 1.82) is 0 Å². The summed E-state index contributed by atoms with van der Waals surface area (Å²) in [5, 5.41) is 0. The van der Waals surface area contributed by atoms with Crippen molar-refractivity contribution < 1.29 is 4.79 Å². The number of para-hydroxylation sites is 1. The highest BCUT2D eigenvalue weighted by Crippen LogP contribution is 2.17. The zero-order valence-corrected chi connectivity index (χ0v) is 14.5. The van der Waals surface area contributed by atoms with Crippen molar-refractivity contribution in [2.45, 2.75) is 13.0 Å². The van der Waals surface area contributed by atoms with Gasteiger partial charge < -0.3 is 15.5 Å². The lowest BCUT2D eigenvalue weighted by Gasteiger charge is -2.23. The molecule has 1 saturated heterocycles. The van der Waals surface area contributed by atoms with Crippen LogP contribution in [0.25, 0.3) is 0 Å². The molecule has 0 aliphatic carbocycles. The molecule has 1 aliphatic rings. The first-order valence-corrected chi connectivity index (χ1v) is 8.16. The number of carbonyl (C=O) groups is 1. The Kier molecular flexibility index (Phi) is 6.64. The van der Waals surface area contributed by atoms with Crippen molar-refractivity contribution in [2.75, 3.05) is 31.1 Å². The van der Waals surface area contributed by atoms with Gasteiger partial charge >= 0.3 is 0 Å². The van der Waals surface area contributed by atoms with Crippen LogP contribution in [0.5, 0.6) is 0 Å². The third kappa shape index (κ3) is 4.28. The van der Waals surface area contributed by atoms with Crippen molar-refractivity contribution in [3.63, 3.8) is 0 Å². The minimum absolute atomic E-state index is 0. The van der Waals surface area contributed by atoms with Crippen LogP contribution in [0.1, 0.15) is 22.3 Å². The Morgan fingerprint density at radius 1 is 0.917 bits per heavy atom. The van der Waals surface area contributed by atoms with Crippen LogP contribution in [0.2, 0.25) is 0 Å². The molecule has 128 valence electrons. The Hall–Kier alpha value is -2.04. The molecule has 0 unspecified atom stereocenters. The van der Waals surface area contributed by atoms with E-state index in [9.17, 15) is 4.79 Å². The molecule has 3 rings (SSSR count). The highest BCUT2D eigenvalue weighted by Gasteiger charge is 2.20. The fourth-order valence-electron chi connectivity index (χ4n) is 2.98. The maximum atomic E-state index is 12.7. The summed E-state index contributed by atoms with van der Waals surface area (Å²) < 4.78 is 0. The molecular weight excluding hydrogens is 322 g/mol. The summed E-state index contributed by atoms with van der Waals surface area (Å²) in [5.74, 6) is 0.114. The van der Waals surface area contributed by atoms with Crippen molar-refractivity contribution in [1.82, 2.24) is 4.90 Å². The molecule has 0 saturated carbocycles. The molecule has 1 aliphatic heterocycles. The topological polar surface area (TPSA) is 49.6 Å². The van der Waals surface area contributed by atoms with E-state index in [1.165, 1.54) is 5.69 Å². The van der Waals surface area contributed by atoms with Gasteiger partial charge in [0.2, 0.25) is 0 Å². The highest BCUT2D eigenvalue weighted by molar-refractivity contribution is 5.94. The van der Waals surface area contributed by atoms with Crippen molar-refractivity contribution >= 4 is 24.0 Å². The first-order chi connectivity index (χ1) is 11.3. The zero-order valence-electron chi connectivity index (χ0n) is 13.7. The monoisotopic (exact) mass is 345 g/mol. The first-order valence-electron chi connectivity index (χ1n) is 8.16. The van der Waals surface area contributed by atoms with E-state index in [1.807, 2.05) is 35.2 Å². The zero-order chi connectivity index (χ0) is 16.1. The van der Waals surface area contributed by atoms with Gasteiger partial charge in [0.05, 0.1) is 0 Å². The molecule has 2 N–H and O–H groups in total. The summed E-state index contributed by atoms with van der Waals surface area (Å²) in [5.41, 5.74) is 8.63. The Labute approximate surface area is 149 Å². The number of hydrogen-bond donors (Lipinski definition) is 1. The van der Waals surface area contributed by atoms with Crippen LogP contribution < -0.4 is 10.6 Å². The Morgan fingerprint density at radius 2 is 1.62 bits per heavy atom. The number of rotatable bonds is 3. The van der Waals surface area contributed by atoms with E-state index in [-0.39, 0.29) is 18.3 Å². The third-order valence-electron chi connectivity index (χ3n) is 4.34. The molecule has 4 nitrogen and oxygen atoms in total. The molecule has 0 aromatic heterocycles. The molecule has 0 bridgehead atoms. The molecule has 0 spiro atoms. The van der Waals surface area contributed by atoms with E-state index < -0.39 is 0 Å². The summed E-state index contributed by atoms with van der Waals surface area (Å²) in [6.07, 6.45) is 0.988. The fraction of sp³-hybridized carbons (Fsp3) is 0.316. The minimum atomic E-state index is 0. The average molecular weight is 346 g/mol. The number of benzene rings is 2. The third-order valence-corrected chi connectivity index (χ3v) is 4.34. The lowest BCUT2D eigenvalue weighted by molar-refractivity contribution is 0.0767. The number of carbonyl (C=O) groups excluding carboxylic acids is 1. The van der Waals surface area contributed by atoms with Gasteiger partial charge in [0, 0.05) is 44.0 Å². The van der Waals surface area contributed by atoms with Crippen LogP contribution in [0, 0.1) is 0 Å². The minimum Gasteiger partial charge on any atom is -0.370 e. The van der Waals surface area contributed by atoms with Gasteiger partial charge in [-0.25, -0.2) is 0 Å². The predicted octanol–water partition coefficient (Wildman–Crippen LogP) is 2.92. The quantitative estimate of drug-likeness (QED) is 0.930. The Balaban J connectivity index is 0.00000208. The van der Waals surface area contributed by atoms with Gasteiger partial charge in [0.1, 0.15) is 0 Å². The van der Waals surface area contributed by atoms with E-state index in [2.05, 4.69) is 29.2 Å².